The number of carbonyl (C=O) groups is 1. The minimum Gasteiger partial charge on any atom is -0.479 e. The smallest absolute Gasteiger partial charge is 0.255 e. The minimum absolute atomic E-state index is 0.0543. The van der Waals surface area contributed by atoms with Gasteiger partial charge in [0, 0.05) is 24.9 Å². The molecule has 142 valence electrons. The second kappa shape index (κ2) is 9.68. The highest BCUT2D eigenvalue weighted by atomic mass is 32.2. The Balaban J connectivity index is 2.00. The van der Waals surface area contributed by atoms with Crippen molar-refractivity contribution in [2.24, 2.45) is 0 Å². The fourth-order valence-electron chi connectivity index (χ4n) is 2.10. The Hall–Kier alpha value is -2.93. The minimum atomic E-state index is -3.64. The number of carbonyl (C=O) groups excluding carboxylic acids is 1. The monoisotopic (exact) mass is 389 g/mol. The Bertz CT molecular complexity index is 904. The van der Waals surface area contributed by atoms with Crippen molar-refractivity contribution in [3.8, 4) is 11.8 Å². The molecule has 0 aliphatic heterocycles. The van der Waals surface area contributed by atoms with Gasteiger partial charge in [-0.15, -0.1) is 0 Å². The summed E-state index contributed by atoms with van der Waals surface area (Å²) in [5.74, 6) is 0.141. The summed E-state index contributed by atoms with van der Waals surface area (Å²) in [6.07, 6.45) is 0. The summed E-state index contributed by atoms with van der Waals surface area (Å²) in [5, 5.41) is 11.2. The molecular formula is C18H19N3O5S. The van der Waals surface area contributed by atoms with E-state index in [1.54, 1.807) is 24.3 Å². The Kier molecular flexibility index (Phi) is 7.31. The van der Waals surface area contributed by atoms with E-state index >= 15 is 0 Å². The number of nitrogens with zero attached hydrogens (tertiary/aromatic N) is 1. The maximum atomic E-state index is 12.3. The molecule has 0 aliphatic rings. The van der Waals surface area contributed by atoms with Crippen LogP contribution < -0.4 is 14.8 Å². The number of methoxy groups -OCH3 is 1. The first-order valence-corrected chi connectivity index (χ1v) is 9.44. The molecule has 0 spiro atoms. The first-order chi connectivity index (χ1) is 13.0. The SMILES string of the molecule is COCCNS(=O)(=O)c1ccc(C(=O)Nc2ccc(OCC#N)cc2)cc1. The molecule has 2 rings (SSSR count). The summed E-state index contributed by atoms with van der Waals surface area (Å²) in [6.45, 7) is 0.372. The van der Waals surface area contributed by atoms with Crippen molar-refractivity contribution in [1.82, 2.24) is 4.72 Å². The van der Waals surface area contributed by atoms with Crippen molar-refractivity contribution >= 4 is 21.6 Å². The van der Waals surface area contributed by atoms with E-state index < -0.39 is 10.0 Å². The third-order valence-corrected chi connectivity index (χ3v) is 4.92. The number of ether oxygens (including phenoxy) is 2. The second-order valence-electron chi connectivity index (χ2n) is 5.34. The molecule has 27 heavy (non-hydrogen) atoms. The van der Waals surface area contributed by atoms with Crippen molar-refractivity contribution in [1.29, 1.82) is 5.26 Å². The van der Waals surface area contributed by atoms with Crippen molar-refractivity contribution < 1.29 is 22.7 Å². The van der Waals surface area contributed by atoms with E-state index in [2.05, 4.69) is 10.0 Å². The van der Waals surface area contributed by atoms with E-state index in [0.717, 1.165) is 0 Å². The summed E-state index contributed by atoms with van der Waals surface area (Å²) in [5.41, 5.74) is 0.859. The number of nitriles is 1. The molecule has 0 bridgehead atoms. The van der Waals surface area contributed by atoms with Gasteiger partial charge in [-0.25, -0.2) is 13.1 Å². The molecule has 0 atom stereocenters. The zero-order valence-electron chi connectivity index (χ0n) is 14.6. The zero-order valence-corrected chi connectivity index (χ0v) is 15.5. The molecule has 0 saturated heterocycles. The summed E-state index contributed by atoms with van der Waals surface area (Å²) >= 11 is 0. The Morgan fingerprint density at radius 3 is 2.37 bits per heavy atom. The van der Waals surface area contributed by atoms with Crippen LogP contribution in [0, 0.1) is 11.3 Å². The van der Waals surface area contributed by atoms with Crippen LogP contribution >= 0.6 is 0 Å². The second-order valence-corrected chi connectivity index (χ2v) is 7.11. The molecule has 0 heterocycles. The summed E-state index contributed by atoms with van der Waals surface area (Å²) in [6, 6.07) is 14.0. The number of nitrogens with one attached hydrogen (secondary N) is 2. The van der Waals surface area contributed by atoms with E-state index in [0.29, 0.717) is 17.0 Å². The normalized spacial score (nSPS) is 10.8. The third kappa shape index (κ3) is 6.07. The molecule has 2 N–H and O–H groups in total. The number of hydrogen-bond acceptors (Lipinski definition) is 6. The lowest BCUT2D eigenvalue weighted by atomic mass is 10.2. The number of amides is 1. The molecule has 9 heteroatoms. The predicted octanol–water partition coefficient (Wildman–Crippen LogP) is 1.77. The Morgan fingerprint density at radius 1 is 1.11 bits per heavy atom. The van der Waals surface area contributed by atoms with Gasteiger partial charge in [0.05, 0.1) is 11.5 Å². The Labute approximate surface area is 157 Å². The van der Waals surface area contributed by atoms with Crippen molar-refractivity contribution in [2.75, 3.05) is 32.2 Å². The van der Waals surface area contributed by atoms with Gasteiger partial charge in [0.15, 0.2) is 6.61 Å². The number of sulfonamides is 1. The van der Waals surface area contributed by atoms with Gasteiger partial charge in [0.25, 0.3) is 5.91 Å². The van der Waals surface area contributed by atoms with Crippen LogP contribution in [0.15, 0.2) is 53.4 Å². The van der Waals surface area contributed by atoms with Gasteiger partial charge >= 0.3 is 0 Å². The molecule has 1 amide bonds. The highest BCUT2D eigenvalue weighted by molar-refractivity contribution is 7.89. The maximum Gasteiger partial charge on any atom is 0.255 e. The van der Waals surface area contributed by atoms with Crippen molar-refractivity contribution in [3.05, 3.63) is 54.1 Å². The van der Waals surface area contributed by atoms with Gasteiger partial charge in [0.2, 0.25) is 10.0 Å². The van der Waals surface area contributed by atoms with Crippen LogP contribution in [0.2, 0.25) is 0 Å². The van der Waals surface area contributed by atoms with Gasteiger partial charge in [-0.2, -0.15) is 5.26 Å². The van der Waals surface area contributed by atoms with Crippen molar-refractivity contribution in [3.63, 3.8) is 0 Å². The van der Waals surface area contributed by atoms with Crippen LogP contribution in [-0.4, -0.2) is 41.2 Å². The number of benzene rings is 2. The lowest BCUT2D eigenvalue weighted by Gasteiger charge is -2.09. The molecule has 0 saturated carbocycles. The van der Waals surface area contributed by atoms with E-state index in [-0.39, 0.29) is 30.6 Å². The molecule has 2 aromatic rings. The van der Waals surface area contributed by atoms with E-state index in [4.69, 9.17) is 14.7 Å². The quantitative estimate of drug-likeness (QED) is 0.631. The van der Waals surface area contributed by atoms with E-state index in [1.807, 2.05) is 6.07 Å². The highest BCUT2D eigenvalue weighted by Crippen LogP contribution is 2.17. The zero-order chi connectivity index (χ0) is 19.7. The average Bonchev–Trinajstić information content (AvgIpc) is 2.67. The average molecular weight is 389 g/mol. The molecule has 0 fully saturated rings. The lowest BCUT2D eigenvalue weighted by molar-refractivity contribution is 0.102. The van der Waals surface area contributed by atoms with Gasteiger partial charge < -0.3 is 14.8 Å². The van der Waals surface area contributed by atoms with Crippen LogP contribution in [0.4, 0.5) is 5.69 Å². The van der Waals surface area contributed by atoms with E-state index in [1.165, 1.54) is 31.4 Å². The van der Waals surface area contributed by atoms with Gasteiger partial charge in [0.1, 0.15) is 11.8 Å². The molecular weight excluding hydrogens is 370 g/mol. The lowest BCUT2D eigenvalue weighted by Crippen LogP contribution is -2.27. The largest absolute Gasteiger partial charge is 0.479 e. The molecule has 0 aliphatic carbocycles. The van der Waals surface area contributed by atoms with Crippen LogP contribution in [0.1, 0.15) is 10.4 Å². The number of rotatable bonds is 9. The first-order valence-electron chi connectivity index (χ1n) is 7.96. The predicted molar refractivity (Wildman–Crippen MR) is 99.0 cm³/mol. The first kappa shape index (κ1) is 20.4. The molecule has 0 unspecified atom stereocenters. The molecule has 0 radical (unpaired) electrons. The number of hydrogen-bond donors (Lipinski definition) is 2. The molecule has 8 nitrogen and oxygen atoms in total. The van der Waals surface area contributed by atoms with Gasteiger partial charge in [-0.05, 0) is 48.5 Å². The fraction of sp³-hybridized carbons (Fsp3) is 0.222. The van der Waals surface area contributed by atoms with E-state index in [9.17, 15) is 13.2 Å². The van der Waals surface area contributed by atoms with Gasteiger partial charge in [-0.1, -0.05) is 0 Å². The van der Waals surface area contributed by atoms with Crippen LogP contribution in [0.5, 0.6) is 5.75 Å². The van der Waals surface area contributed by atoms with Crippen LogP contribution in [0.25, 0.3) is 0 Å². The maximum absolute atomic E-state index is 12.3. The summed E-state index contributed by atoms with van der Waals surface area (Å²) in [4.78, 5) is 12.3. The van der Waals surface area contributed by atoms with Gasteiger partial charge in [-0.3, -0.25) is 4.79 Å². The Morgan fingerprint density at radius 2 is 1.78 bits per heavy atom. The summed E-state index contributed by atoms with van der Waals surface area (Å²) < 4.78 is 36.5. The summed E-state index contributed by atoms with van der Waals surface area (Å²) in [7, 11) is -2.16. The van der Waals surface area contributed by atoms with Crippen LogP contribution in [-0.2, 0) is 14.8 Å². The van der Waals surface area contributed by atoms with Crippen LogP contribution in [0.3, 0.4) is 0 Å². The van der Waals surface area contributed by atoms with Crippen molar-refractivity contribution in [2.45, 2.75) is 4.90 Å². The standard InChI is InChI=1S/C18H19N3O5S/c1-25-13-11-20-27(23,24)17-8-2-14(3-9-17)18(22)21-15-4-6-16(7-5-15)26-12-10-19/h2-9,20H,11-13H2,1H3,(H,21,22). The fourth-order valence-corrected chi connectivity index (χ4v) is 3.11. The highest BCUT2D eigenvalue weighted by Gasteiger charge is 2.14. The molecule has 0 aromatic heterocycles. The topological polar surface area (TPSA) is 118 Å². The molecule has 2 aromatic carbocycles. The number of anilines is 1. The third-order valence-electron chi connectivity index (χ3n) is 3.44.